The van der Waals surface area contributed by atoms with Gasteiger partial charge in [0.2, 0.25) is 5.95 Å². The summed E-state index contributed by atoms with van der Waals surface area (Å²) in [5.41, 5.74) is 10.9. The Kier molecular flexibility index (Phi) is 6.60. The Morgan fingerprint density at radius 3 is 1.80 bits per heavy atom. The molecule has 260 valence electrons. The molecule has 0 atom stereocenters. The zero-order valence-corrected chi connectivity index (χ0v) is 30.3. The van der Waals surface area contributed by atoms with Crippen LogP contribution in [0.4, 0.5) is 0 Å². The molecule has 3 aromatic heterocycles. The number of benzene rings is 9. The van der Waals surface area contributed by atoms with Crippen LogP contribution in [0.1, 0.15) is 0 Å². The van der Waals surface area contributed by atoms with E-state index in [0.29, 0.717) is 5.95 Å². The van der Waals surface area contributed by atoms with Crippen LogP contribution >= 0.6 is 0 Å². The quantitative estimate of drug-likeness (QED) is 0.182. The molecule has 0 saturated carbocycles. The van der Waals surface area contributed by atoms with E-state index < -0.39 is 0 Å². The van der Waals surface area contributed by atoms with Gasteiger partial charge in [-0.3, -0.25) is 4.57 Å². The van der Waals surface area contributed by atoms with E-state index in [1.807, 2.05) is 0 Å². The molecule has 12 rings (SSSR count). The molecule has 0 radical (unpaired) electrons. The van der Waals surface area contributed by atoms with Gasteiger partial charge in [-0.15, -0.1) is 0 Å². The van der Waals surface area contributed by atoms with Gasteiger partial charge < -0.3 is 4.57 Å². The molecule has 0 fully saturated rings. The smallest absolute Gasteiger partial charge is 0.235 e. The summed E-state index contributed by atoms with van der Waals surface area (Å²) >= 11 is 0. The van der Waals surface area contributed by atoms with Crippen LogP contribution in [0.2, 0.25) is 0 Å². The van der Waals surface area contributed by atoms with E-state index in [1.165, 1.54) is 59.7 Å². The second-order valence-electron chi connectivity index (χ2n) is 14.6. The van der Waals surface area contributed by atoms with Crippen LogP contribution in [-0.2, 0) is 0 Å². The van der Waals surface area contributed by atoms with Gasteiger partial charge in [0.1, 0.15) is 0 Å². The van der Waals surface area contributed by atoms with Crippen LogP contribution < -0.4 is 0 Å². The van der Waals surface area contributed by atoms with Crippen molar-refractivity contribution in [2.75, 3.05) is 0 Å². The molecule has 0 aliphatic rings. The summed E-state index contributed by atoms with van der Waals surface area (Å²) in [5.74, 6) is 0.649. The fraction of sp³-hybridized carbons (Fsp3) is 0. The predicted octanol–water partition coefficient (Wildman–Crippen LogP) is 13.5. The summed E-state index contributed by atoms with van der Waals surface area (Å²) in [4.78, 5) is 10.9. The normalized spacial score (nSPS) is 11.9. The second-order valence-corrected chi connectivity index (χ2v) is 14.6. The highest BCUT2D eigenvalue weighted by molar-refractivity contribution is 6.24. The van der Waals surface area contributed by atoms with Gasteiger partial charge in [0, 0.05) is 38.2 Å². The van der Waals surface area contributed by atoms with Gasteiger partial charge >= 0.3 is 0 Å². The molecule has 0 N–H and O–H groups in total. The molecule has 3 heterocycles. The van der Waals surface area contributed by atoms with E-state index in [1.54, 1.807) is 0 Å². The van der Waals surface area contributed by atoms with Gasteiger partial charge in [-0.1, -0.05) is 140 Å². The molecule has 0 aliphatic carbocycles. The Balaban J connectivity index is 1.14. The lowest BCUT2D eigenvalue weighted by Crippen LogP contribution is -2.03. The maximum atomic E-state index is 5.53. The van der Waals surface area contributed by atoms with Crippen LogP contribution in [0.25, 0.3) is 110 Å². The zero-order valence-electron chi connectivity index (χ0n) is 30.3. The molecule has 0 spiro atoms. The largest absolute Gasteiger partial charge is 0.309 e. The van der Waals surface area contributed by atoms with E-state index in [0.717, 1.165) is 44.4 Å². The van der Waals surface area contributed by atoms with Crippen molar-refractivity contribution >= 4 is 76.1 Å². The molecule has 12 aromatic rings. The Hall–Kier alpha value is -7.56. The minimum Gasteiger partial charge on any atom is -0.309 e. The number of fused-ring (bicyclic) bond motifs is 10. The maximum Gasteiger partial charge on any atom is 0.235 e. The first-order valence-corrected chi connectivity index (χ1v) is 19.1. The Morgan fingerprint density at radius 2 is 0.964 bits per heavy atom. The molecule has 0 amide bonds. The van der Waals surface area contributed by atoms with Gasteiger partial charge in [0.25, 0.3) is 0 Å². The van der Waals surface area contributed by atoms with Crippen LogP contribution in [0, 0.1) is 0 Å². The third-order valence-electron chi connectivity index (χ3n) is 11.5. The molecule has 0 unspecified atom stereocenters. The standard InChI is InChI=1S/C52H32N4/c1-2-16-37(17-3-1)55-46-24-12-9-19-39(46)44-31-36(28-29-48(44)55)51-41-21-8-11-23-45(41)53-52(54-51)56-47-25-13-10-22-42(47)50-40-20-7-6-18-38(40)43(32-49(50)56)35-27-26-33-14-4-5-15-34(33)30-35/h1-32H. The minimum atomic E-state index is 0.649. The van der Waals surface area contributed by atoms with Crippen molar-refractivity contribution in [2.45, 2.75) is 0 Å². The maximum absolute atomic E-state index is 5.53. The van der Waals surface area contributed by atoms with E-state index >= 15 is 0 Å². The van der Waals surface area contributed by atoms with E-state index in [9.17, 15) is 0 Å². The van der Waals surface area contributed by atoms with Crippen molar-refractivity contribution in [2.24, 2.45) is 0 Å². The first-order valence-electron chi connectivity index (χ1n) is 19.1. The average Bonchev–Trinajstić information content (AvgIpc) is 3.78. The molecule has 4 heteroatoms. The second kappa shape index (κ2) is 12.0. The summed E-state index contributed by atoms with van der Waals surface area (Å²) in [5, 5.41) is 10.7. The van der Waals surface area contributed by atoms with E-state index in [4.69, 9.17) is 9.97 Å². The highest BCUT2D eigenvalue weighted by Gasteiger charge is 2.21. The fourth-order valence-electron chi connectivity index (χ4n) is 9.00. The van der Waals surface area contributed by atoms with Crippen LogP contribution in [0.15, 0.2) is 194 Å². The van der Waals surface area contributed by atoms with Crippen LogP contribution in [0.5, 0.6) is 0 Å². The summed E-state index contributed by atoms with van der Waals surface area (Å²) in [6, 6.07) is 69.6. The molecule has 56 heavy (non-hydrogen) atoms. The summed E-state index contributed by atoms with van der Waals surface area (Å²) in [6.45, 7) is 0. The van der Waals surface area contributed by atoms with Gasteiger partial charge in [0.15, 0.2) is 0 Å². The molecule has 9 aromatic carbocycles. The molecular weight excluding hydrogens is 681 g/mol. The Labute approximate surface area is 322 Å². The molecule has 0 saturated heterocycles. The van der Waals surface area contributed by atoms with Gasteiger partial charge in [0.05, 0.1) is 33.3 Å². The van der Waals surface area contributed by atoms with E-state index in [2.05, 4.69) is 203 Å². The first-order chi connectivity index (χ1) is 27.8. The number of nitrogens with zero attached hydrogens (tertiary/aromatic N) is 4. The number of aromatic nitrogens is 4. The Bertz CT molecular complexity index is 3540. The topological polar surface area (TPSA) is 35.6 Å². The number of hydrogen-bond donors (Lipinski definition) is 0. The summed E-state index contributed by atoms with van der Waals surface area (Å²) in [7, 11) is 0. The molecular formula is C52H32N4. The third-order valence-corrected chi connectivity index (χ3v) is 11.5. The van der Waals surface area contributed by atoms with Gasteiger partial charge in [-0.05, 0) is 87.3 Å². The van der Waals surface area contributed by atoms with Crippen molar-refractivity contribution < 1.29 is 0 Å². The lowest BCUT2D eigenvalue weighted by Gasteiger charge is -2.14. The van der Waals surface area contributed by atoms with Gasteiger partial charge in [-0.25, -0.2) is 9.97 Å². The van der Waals surface area contributed by atoms with Crippen molar-refractivity contribution in [1.29, 1.82) is 0 Å². The lowest BCUT2D eigenvalue weighted by molar-refractivity contribution is 1.01. The monoisotopic (exact) mass is 712 g/mol. The SMILES string of the molecule is c1ccc(-n2c3ccccc3c3cc(-c4nc(-n5c6ccccc6c6c7ccccc7c(-c7ccc8ccccc8c7)cc65)nc5ccccc45)ccc32)cc1. The fourth-order valence-corrected chi connectivity index (χ4v) is 9.00. The third kappa shape index (κ3) is 4.53. The first kappa shape index (κ1) is 30.9. The predicted molar refractivity (Wildman–Crippen MR) is 234 cm³/mol. The molecule has 0 aliphatic heterocycles. The number of hydrogen-bond acceptors (Lipinski definition) is 2. The highest BCUT2D eigenvalue weighted by atomic mass is 15.2. The minimum absolute atomic E-state index is 0.649. The summed E-state index contributed by atoms with van der Waals surface area (Å²) < 4.78 is 4.63. The summed E-state index contributed by atoms with van der Waals surface area (Å²) in [6.07, 6.45) is 0. The van der Waals surface area contributed by atoms with Crippen molar-refractivity contribution in [3.63, 3.8) is 0 Å². The van der Waals surface area contributed by atoms with Gasteiger partial charge in [-0.2, -0.15) is 0 Å². The molecule has 4 nitrogen and oxygen atoms in total. The van der Waals surface area contributed by atoms with Crippen molar-refractivity contribution in [3.8, 4) is 34.0 Å². The van der Waals surface area contributed by atoms with Crippen LogP contribution in [0.3, 0.4) is 0 Å². The van der Waals surface area contributed by atoms with Crippen molar-refractivity contribution in [1.82, 2.24) is 19.1 Å². The zero-order chi connectivity index (χ0) is 36.7. The Morgan fingerprint density at radius 1 is 0.339 bits per heavy atom. The van der Waals surface area contributed by atoms with E-state index in [-0.39, 0.29) is 0 Å². The lowest BCUT2D eigenvalue weighted by atomic mass is 9.93. The average molecular weight is 713 g/mol. The highest BCUT2D eigenvalue weighted by Crippen LogP contribution is 2.42. The number of para-hydroxylation sites is 4. The van der Waals surface area contributed by atoms with Crippen molar-refractivity contribution in [3.05, 3.63) is 194 Å². The molecule has 0 bridgehead atoms. The van der Waals surface area contributed by atoms with Crippen LogP contribution in [-0.4, -0.2) is 19.1 Å². The number of rotatable bonds is 4.